The van der Waals surface area contributed by atoms with Crippen molar-refractivity contribution < 1.29 is 22.7 Å². The van der Waals surface area contributed by atoms with Crippen molar-refractivity contribution in [3.05, 3.63) is 88.4 Å². The maximum atomic E-state index is 14.1. The van der Waals surface area contributed by atoms with Crippen molar-refractivity contribution in [1.82, 2.24) is 10.2 Å². The van der Waals surface area contributed by atoms with Crippen molar-refractivity contribution in [2.75, 3.05) is 18.0 Å². The van der Waals surface area contributed by atoms with Crippen molar-refractivity contribution in [1.29, 1.82) is 0 Å². The molecule has 1 N–H and O–H groups in total. The topological polar surface area (TPSA) is 96.0 Å². The Morgan fingerprint density at radius 3 is 2.26 bits per heavy atom. The number of nitrogens with one attached hydrogen (secondary N) is 1. The normalized spacial score (nSPS) is 14.6. The van der Waals surface area contributed by atoms with E-state index in [1.807, 2.05) is 0 Å². The second-order valence-electron chi connectivity index (χ2n) is 10.3. The highest BCUT2D eigenvalue weighted by Gasteiger charge is 2.33. The summed E-state index contributed by atoms with van der Waals surface area (Å²) < 4.78 is 34.1. The Morgan fingerprint density at radius 2 is 1.64 bits per heavy atom. The van der Waals surface area contributed by atoms with Crippen LogP contribution in [0.5, 0.6) is 5.75 Å². The first-order valence-electron chi connectivity index (χ1n) is 13.9. The SMILES string of the molecule is COc1ccc(N(CC(=O)N(Cc2ccc(Cl)cc2)[C@H](C)C(=O)NC2CCCCC2)S(=O)(=O)c2ccccc2)cc1Cl. The monoisotopic (exact) mass is 631 g/mol. The number of sulfonamides is 1. The third-order valence-electron chi connectivity index (χ3n) is 7.42. The van der Waals surface area contributed by atoms with Gasteiger partial charge in [-0.2, -0.15) is 0 Å². The molecule has 0 aliphatic heterocycles. The number of amides is 2. The molecule has 224 valence electrons. The molecule has 42 heavy (non-hydrogen) atoms. The Morgan fingerprint density at radius 1 is 0.976 bits per heavy atom. The molecule has 1 aliphatic rings. The van der Waals surface area contributed by atoms with Crippen molar-refractivity contribution in [3.8, 4) is 5.75 Å². The van der Waals surface area contributed by atoms with E-state index in [2.05, 4.69) is 5.32 Å². The summed E-state index contributed by atoms with van der Waals surface area (Å²) in [6, 6.07) is 18.5. The summed E-state index contributed by atoms with van der Waals surface area (Å²) in [5.41, 5.74) is 0.929. The summed E-state index contributed by atoms with van der Waals surface area (Å²) in [6.45, 7) is 1.18. The van der Waals surface area contributed by atoms with Gasteiger partial charge in [0.25, 0.3) is 10.0 Å². The summed E-state index contributed by atoms with van der Waals surface area (Å²) in [5, 5.41) is 3.82. The first kappa shape index (κ1) is 31.7. The first-order valence-corrected chi connectivity index (χ1v) is 16.1. The van der Waals surface area contributed by atoms with E-state index in [0.29, 0.717) is 10.8 Å². The van der Waals surface area contributed by atoms with Crippen molar-refractivity contribution in [3.63, 3.8) is 0 Å². The lowest BCUT2D eigenvalue weighted by Crippen LogP contribution is -2.53. The van der Waals surface area contributed by atoms with E-state index in [-0.39, 0.29) is 34.1 Å². The quantitative estimate of drug-likeness (QED) is 0.277. The Labute approximate surface area is 257 Å². The molecular weight excluding hydrogens is 597 g/mol. The lowest BCUT2D eigenvalue weighted by Gasteiger charge is -2.33. The molecule has 8 nitrogen and oxygen atoms in total. The number of benzene rings is 3. The highest BCUT2D eigenvalue weighted by atomic mass is 35.5. The van der Waals surface area contributed by atoms with E-state index in [9.17, 15) is 18.0 Å². The van der Waals surface area contributed by atoms with Crippen LogP contribution in [-0.2, 0) is 26.2 Å². The van der Waals surface area contributed by atoms with Gasteiger partial charge in [0.15, 0.2) is 0 Å². The molecule has 0 aromatic heterocycles. The molecule has 0 unspecified atom stereocenters. The molecule has 0 heterocycles. The number of ether oxygens (including phenoxy) is 1. The standard InChI is InChI=1S/C31H35Cl2N3O5S/c1-22(31(38)34-25-9-5-3-6-10-25)35(20-23-13-15-24(32)16-14-23)30(37)21-36(26-17-18-29(41-2)28(33)19-26)42(39,40)27-11-7-4-8-12-27/h4,7-8,11-19,22,25H,3,5-6,9-10,20-21H2,1-2H3,(H,34,38)/t22-/m1/s1. The van der Waals surface area contributed by atoms with E-state index >= 15 is 0 Å². The van der Waals surface area contributed by atoms with Gasteiger partial charge in [-0.05, 0) is 67.8 Å². The maximum absolute atomic E-state index is 14.1. The van der Waals surface area contributed by atoms with Gasteiger partial charge in [0, 0.05) is 17.6 Å². The molecule has 0 radical (unpaired) electrons. The minimum Gasteiger partial charge on any atom is -0.495 e. The summed E-state index contributed by atoms with van der Waals surface area (Å²) in [7, 11) is -2.74. The van der Waals surface area contributed by atoms with Crippen molar-refractivity contribution >= 4 is 50.7 Å². The van der Waals surface area contributed by atoms with Gasteiger partial charge in [0.05, 0.1) is 22.7 Å². The predicted molar refractivity (Wildman–Crippen MR) is 165 cm³/mol. The van der Waals surface area contributed by atoms with E-state index in [4.69, 9.17) is 27.9 Å². The predicted octanol–water partition coefficient (Wildman–Crippen LogP) is 6.06. The van der Waals surface area contributed by atoms with Crippen LogP contribution in [0.2, 0.25) is 10.0 Å². The van der Waals surface area contributed by atoms with Gasteiger partial charge >= 0.3 is 0 Å². The molecule has 1 aliphatic carbocycles. The molecule has 2 amide bonds. The number of hydrogen-bond acceptors (Lipinski definition) is 5. The van der Waals surface area contributed by atoms with Crippen LogP contribution in [0.1, 0.15) is 44.6 Å². The van der Waals surface area contributed by atoms with Gasteiger partial charge in [-0.25, -0.2) is 8.42 Å². The van der Waals surface area contributed by atoms with Gasteiger partial charge in [-0.3, -0.25) is 13.9 Å². The zero-order valence-corrected chi connectivity index (χ0v) is 26.0. The van der Waals surface area contributed by atoms with E-state index < -0.39 is 28.5 Å². The summed E-state index contributed by atoms with van der Waals surface area (Å²) in [6.07, 6.45) is 5.02. The van der Waals surface area contributed by atoms with Gasteiger partial charge < -0.3 is 15.0 Å². The smallest absolute Gasteiger partial charge is 0.264 e. The van der Waals surface area contributed by atoms with Gasteiger partial charge in [0.1, 0.15) is 18.3 Å². The average molecular weight is 633 g/mol. The molecule has 1 saturated carbocycles. The van der Waals surface area contributed by atoms with Gasteiger partial charge in [-0.1, -0.05) is 72.8 Å². The Hall–Kier alpha value is -3.27. The molecule has 0 spiro atoms. The molecular formula is C31H35Cl2N3O5S. The fourth-order valence-electron chi connectivity index (χ4n) is 5.00. The minimum atomic E-state index is -4.20. The van der Waals surface area contributed by atoms with Gasteiger partial charge in [-0.15, -0.1) is 0 Å². The molecule has 3 aromatic carbocycles. The highest BCUT2D eigenvalue weighted by molar-refractivity contribution is 7.92. The average Bonchev–Trinajstić information content (AvgIpc) is 3.00. The van der Waals surface area contributed by atoms with Crippen LogP contribution in [-0.4, -0.2) is 50.9 Å². The molecule has 3 aromatic rings. The summed E-state index contributed by atoms with van der Waals surface area (Å²) >= 11 is 12.4. The molecule has 0 saturated heterocycles. The van der Waals surface area contributed by atoms with Crippen LogP contribution in [0.25, 0.3) is 0 Å². The number of hydrogen-bond donors (Lipinski definition) is 1. The number of carbonyl (C=O) groups is 2. The zero-order valence-electron chi connectivity index (χ0n) is 23.6. The fraction of sp³-hybridized carbons (Fsp3) is 0.355. The Balaban J connectivity index is 1.69. The molecule has 1 fully saturated rings. The third-order valence-corrected chi connectivity index (χ3v) is 9.75. The second-order valence-corrected chi connectivity index (χ2v) is 13.0. The molecule has 1 atom stereocenters. The van der Waals surface area contributed by atoms with Crippen LogP contribution in [0, 0.1) is 0 Å². The zero-order chi connectivity index (χ0) is 30.3. The molecule has 11 heteroatoms. The van der Waals surface area contributed by atoms with Crippen LogP contribution < -0.4 is 14.4 Å². The Kier molecular flexibility index (Phi) is 10.8. The highest BCUT2D eigenvalue weighted by Crippen LogP contribution is 2.32. The van der Waals surface area contributed by atoms with E-state index in [0.717, 1.165) is 42.0 Å². The van der Waals surface area contributed by atoms with Crippen LogP contribution >= 0.6 is 23.2 Å². The lowest BCUT2D eigenvalue weighted by atomic mass is 9.95. The van der Waals surface area contributed by atoms with Crippen LogP contribution in [0.15, 0.2) is 77.7 Å². The third kappa shape index (κ3) is 7.76. The number of methoxy groups -OCH3 is 1. The van der Waals surface area contributed by atoms with Gasteiger partial charge in [0.2, 0.25) is 11.8 Å². The first-order chi connectivity index (χ1) is 20.1. The number of rotatable bonds is 11. The van der Waals surface area contributed by atoms with Crippen molar-refractivity contribution in [2.45, 2.75) is 62.6 Å². The lowest BCUT2D eigenvalue weighted by molar-refractivity contribution is -0.139. The van der Waals surface area contributed by atoms with E-state index in [1.54, 1.807) is 55.5 Å². The fourth-order valence-corrected chi connectivity index (χ4v) is 6.80. The van der Waals surface area contributed by atoms with Crippen LogP contribution in [0.3, 0.4) is 0 Å². The second kappa shape index (κ2) is 14.3. The summed E-state index contributed by atoms with van der Waals surface area (Å²) in [4.78, 5) is 28.9. The largest absolute Gasteiger partial charge is 0.495 e. The van der Waals surface area contributed by atoms with Crippen LogP contribution in [0.4, 0.5) is 5.69 Å². The number of nitrogens with zero attached hydrogens (tertiary/aromatic N) is 2. The number of carbonyl (C=O) groups excluding carboxylic acids is 2. The number of anilines is 1. The maximum Gasteiger partial charge on any atom is 0.264 e. The van der Waals surface area contributed by atoms with Crippen molar-refractivity contribution in [2.24, 2.45) is 0 Å². The van der Waals surface area contributed by atoms with E-state index in [1.165, 1.54) is 36.3 Å². The minimum absolute atomic E-state index is 0.0112. The number of halogens is 2. The molecule has 0 bridgehead atoms. The summed E-state index contributed by atoms with van der Waals surface area (Å²) in [5.74, 6) is -0.474. The molecule has 4 rings (SSSR count). The Bertz CT molecular complexity index is 1480.